The summed E-state index contributed by atoms with van der Waals surface area (Å²) in [5.74, 6) is 5.40. The minimum absolute atomic E-state index is 0.0984. The Labute approximate surface area is 66.9 Å². The fourth-order valence-corrected chi connectivity index (χ4v) is 0.428. The Morgan fingerprint density at radius 3 is 2.64 bits per heavy atom. The molecule has 2 N–H and O–H groups in total. The third kappa shape index (κ3) is 9.00. The maximum atomic E-state index is 8.35. The van der Waals surface area contributed by atoms with Gasteiger partial charge < -0.3 is 10.2 Å². The van der Waals surface area contributed by atoms with Gasteiger partial charge in [-0.05, 0) is 12.5 Å². The van der Waals surface area contributed by atoms with Gasteiger partial charge >= 0.3 is 0 Å². The fourth-order valence-electron chi connectivity index (χ4n) is 0.428. The second kappa shape index (κ2) is 9.00. The maximum Gasteiger partial charge on any atom is 0.0540 e. The number of aliphatic hydroxyl groups is 2. The first kappa shape index (κ1) is 10.0. The molecule has 0 amide bonds. The first-order chi connectivity index (χ1) is 5.41. The Morgan fingerprint density at radius 2 is 2.00 bits per heavy atom. The Kier molecular flexibility index (Phi) is 8.18. The minimum Gasteiger partial charge on any atom is -0.396 e. The van der Waals surface area contributed by atoms with Crippen molar-refractivity contribution in [3.05, 3.63) is 17.9 Å². The van der Waals surface area contributed by atoms with E-state index in [0.29, 0.717) is 12.8 Å². The van der Waals surface area contributed by atoms with Gasteiger partial charge in [-0.3, -0.25) is 0 Å². The van der Waals surface area contributed by atoms with Gasteiger partial charge in [-0.1, -0.05) is 11.8 Å². The van der Waals surface area contributed by atoms with Gasteiger partial charge in [-0.2, -0.15) is 0 Å². The molecule has 60 valence electrons. The van der Waals surface area contributed by atoms with Crippen LogP contribution in [0.1, 0.15) is 12.8 Å². The highest BCUT2D eigenvalue weighted by molar-refractivity contribution is 5.14. The summed E-state index contributed by atoms with van der Waals surface area (Å²) in [7, 11) is 0. The van der Waals surface area contributed by atoms with Crippen LogP contribution < -0.4 is 0 Å². The summed E-state index contributed by atoms with van der Waals surface area (Å²) in [6, 6.07) is 0. The van der Waals surface area contributed by atoms with E-state index in [2.05, 4.69) is 17.6 Å². The topological polar surface area (TPSA) is 40.5 Å². The molecule has 0 aliphatic rings. The van der Waals surface area contributed by atoms with E-state index in [-0.39, 0.29) is 13.2 Å². The van der Waals surface area contributed by atoms with Crippen LogP contribution in [0.4, 0.5) is 0 Å². The molecule has 0 heterocycles. The third-order valence-corrected chi connectivity index (χ3v) is 0.886. The molecule has 2 nitrogen and oxygen atoms in total. The Bertz CT molecular complexity index is 189. The molecule has 0 aromatic heterocycles. The molecule has 0 saturated carbocycles. The van der Waals surface area contributed by atoms with Crippen LogP contribution in [0.3, 0.4) is 0 Å². The summed E-state index contributed by atoms with van der Waals surface area (Å²) in [6.45, 7) is 0.242. The molecule has 11 heavy (non-hydrogen) atoms. The van der Waals surface area contributed by atoms with Crippen molar-refractivity contribution in [2.75, 3.05) is 13.2 Å². The Morgan fingerprint density at radius 1 is 1.18 bits per heavy atom. The molecule has 0 atom stereocenters. The second-order valence-electron chi connectivity index (χ2n) is 1.82. The van der Waals surface area contributed by atoms with Gasteiger partial charge in [0, 0.05) is 19.1 Å². The monoisotopic (exact) mass is 152 g/mol. The van der Waals surface area contributed by atoms with Crippen LogP contribution in [0.25, 0.3) is 0 Å². The first-order valence-electron chi connectivity index (χ1n) is 3.51. The summed E-state index contributed by atoms with van der Waals surface area (Å²) in [5.41, 5.74) is 2.78. The van der Waals surface area contributed by atoms with E-state index in [0.717, 1.165) is 0 Å². The summed E-state index contributed by atoms with van der Waals surface area (Å²) >= 11 is 0. The van der Waals surface area contributed by atoms with Crippen LogP contribution in [0.15, 0.2) is 17.9 Å². The molecule has 0 rings (SSSR count). The highest BCUT2D eigenvalue weighted by Gasteiger charge is 1.68. The summed E-state index contributed by atoms with van der Waals surface area (Å²) in [4.78, 5) is 0. The number of hydrogen-bond donors (Lipinski definition) is 2. The fraction of sp³-hybridized carbons (Fsp3) is 0.444. The van der Waals surface area contributed by atoms with Crippen LogP contribution in [-0.2, 0) is 0 Å². The number of hydrogen-bond acceptors (Lipinski definition) is 2. The van der Waals surface area contributed by atoms with Gasteiger partial charge in [-0.15, -0.1) is 5.73 Å². The van der Waals surface area contributed by atoms with Crippen molar-refractivity contribution in [1.82, 2.24) is 0 Å². The molecule has 0 radical (unpaired) electrons. The molecule has 0 aliphatic heterocycles. The van der Waals surface area contributed by atoms with Crippen molar-refractivity contribution in [3.63, 3.8) is 0 Å². The van der Waals surface area contributed by atoms with Crippen LogP contribution >= 0.6 is 0 Å². The molecule has 0 spiro atoms. The maximum absolute atomic E-state index is 8.35. The normalized spacial score (nSPS) is 7.45. The number of aliphatic hydroxyl groups excluding tert-OH is 2. The van der Waals surface area contributed by atoms with E-state index in [4.69, 9.17) is 10.2 Å². The largest absolute Gasteiger partial charge is 0.396 e. The summed E-state index contributed by atoms with van der Waals surface area (Å²) < 4.78 is 0. The smallest absolute Gasteiger partial charge is 0.0540 e. The van der Waals surface area contributed by atoms with Crippen molar-refractivity contribution in [2.45, 2.75) is 12.8 Å². The van der Waals surface area contributed by atoms with E-state index >= 15 is 0 Å². The van der Waals surface area contributed by atoms with Crippen molar-refractivity contribution in [2.24, 2.45) is 0 Å². The van der Waals surface area contributed by atoms with Crippen LogP contribution in [-0.4, -0.2) is 23.4 Å². The van der Waals surface area contributed by atoms with Crippen LogP contribution in [0, 0.1) is 11.8 Å². The lowest BCUT2D eigenvalue weighted by Gasteiger charge is -1.76. The number of rotatable bonds is 3. The molecule has 0 aromatic carbocycles. The van der Waals surface area contributed by atoms with Gasteiger partial charge in [0.25, 0.3) is 0 Å². The average molecular weight is 152 g/mol. The molecule has 0 aromatic rings. The predicted molar refractivity (Wildman–Crippen MR) is 43.8 cm³/mol. The van der Waals surface area contributed by atoms with E-state index in [1.54, 1.807) is 12.2 Å². The van der Waals surface area contributed by atoms with E-state index in [1.807, 2.05) is 0 Å². The molecule has 2 heteroatoms. The van der Waals surface area contributed by atoms with Crippen molar-refractivity contribution >= 4 is 0 Å². The molecular weight excluding hydrogens is 140 g/mol. The molecular formula is C9H12O2. The third-order valence-electron chi connectivity index (χ3n) is 0.886. The molecule has 0 saturated heterocycles. The molecule has 0 unspecified atom stereocenters. The van der Waals surface area contributed by atoms with Gasteiger partial charge in [0.2, 0.25) is 0 Å². The molecule has 0 aliphatic carbocycles. The van der Waals surface area contributed by atoms with Crippen LogP contribution in [0.2, 0.25) is 0 Å². The average Bonchev–Trinajstić information content (AvgIpc) is 2.03. The van der Waals surface area contributed by atoms with Gasteiger partial charge in [-0.25, -0.2) is 0 Å². The van der Waals surface area contributed by atoms with Crippen LogP contribution in [0.5, 0.6) is 0 Å². The van der Waals surface area contributed by atoms with Gasteiger partial charge in [0.15, 0.2) is 0 Å². The Balaban J connectivity index is 3.51. The predicted octanol–water partition coefficient (Wildman–Crippen LogP) is 0.466. The SMILES string of the molecule is OCCC#CC=C=CCCO. The lowest BCUT2D eigenvalue weighted by molar-refractivity contribution is 0.302. The minimum atomic E-state index is 0.0984. The zero-order valence-corrected chi connectivity index (χ0v) is 6.38. The quantitative estimate of drug-likeness (QED) is 0.456. The molecule has 0 bridgehead atoms. The standard InChI is InChI=1S/C9H12O2/c10-8-6-4-2-1-3-5-7-9-11/h1,4,10-11H,6-9H2. The van der Waals surface area contributed by atoms with Crippen molar-refractivity contribution < 1.29 is 10.2 Å². The van der Waals surface area contributed by atoms with E-state index in [1.165, 1.54) is 0 Å². The molecule has 0 fully saturated rings. The second-order valence-corrected chi connectivity index (χ2v) is 1.82. The van der Waals surface area contributed by atoms with E-state index in [9.17, 15) is 0 Å². The highest BCUT2D eigenvalue weighted by Crippen LogP contribution is 1.76. The van der Waals surface area contributed by atoms with E-state index < -0.39 is 0 Å². The highest BCUT2D eigenvalue weighted by atomic mass is 16.3. The zero-order chi connectivity index (χ0) is 8.36. The Hall–Kier alpha value is -1.00. The van der Waals surface area contributed by atoms with Crippen molar-refractivity contribution in [3.8, 4) is 11.8 Å². The lowest BCUT2D eigenvalue weighted by atomic mass is 10.4. The van der Waals surface area contributed by atoms with Gasteiger partial charge in [0.1, 0.15) is 0 Å². The van der Waals surface area contributed by atoms with Gasteiger partial charge in [0.05, 0.1) is 6.61 Å². The zero-order valence-electron chi connectivity index (χ0n) is 6.38. The summed E-state index contributed by atoms with van der Waals surface area (Å²) in [5, 5.41) is 16.7. The van der Waals surface area contributed by atoms with Crippen molar-refractivity contribution in [1.29, 1.82) is 0 Å². The summed E-state index contributed by atoms with van der Waals surface area (Å²) in [6.07, 6.45) is 4.40. The first-order valence-corrected chi connectivity index (χ1v) is 3.51. The lowest BCUT2D eigenvalue weighted by Crippen LogP contribution is -1.74.